The predicted molar refractivity (Wildman–Crippen MR) is 56.1 cm³/mol. The monoisotopic (exact) mass is 202 g/mol. The van der Waals surface area contributed by atoms with Gasteiger partial charge in [-0.25, -0.2) is 0 Å². The minimum absolute atomic E-state index is 0.0827. The summed E-state index contributed by atoms with van der Waals surface area (Å²) in [7, 11) is 1.71. The van der Waals surface area contributed by atoms with Gasteiger partial charge in [0.1, 0.15) is 6.29 Å². The van der Waals surface area contributed by atoms with Crippen LogP contribution >= 0.6 is 11.8 Å². The maximum Gasteiger partial charge on any atom is 0.126 e. The molecule has 0 bridgehead atoms. The highest BCUT2D eigenvalue weighted by molar-refractivity contribution is 7.99. The summed E-state index contributed by atoms with van der Waals surface area (Å²) >= 11 is 1.95. The van der Waals surface area contributed by atoms with Crippen LogP contribution in [0.25, 0.3) is 0 Å². The summed E-state index contributed by atoms with van der Waals surface area (Å²) in [4.78, 5) is 11.1. The standard InChI is InChI=1S/C10H18O2S/c1-9(12-2)7-10(8-11)3-5-13-6-4-10/h8-9H,3-7H2,1-2H3. The molecule has 1 heterocycles. The van der Waals surface area contributed by atoms with Gasteiger partial charge in [0.25, 0.3) is 0 Å². The number of hydrogen-bond acceptors (Lipinski definition) is 3. The first-order valence-electron chi connectivity index (χ1n) is 4.79. The molecule has 0 radical (unpaired) electrons. The first kappa shape index (κ1) is 11.1. The third kappa shape index (κ3) is 2.99. The molecule has 0 aliphatic carbocycles. The van der Waals surface area contributed by atoms with Crippen LogP contribution in [0.3, 0.4) is 0 Å². The van der Waals surface area contributed by atoms with Crippen LogP contribution < -0.4 is 0 Å². The lowest BCUT2D eigenvalue weighted by Crippen LogP contribution is -2.32. The van der Waals surface area contributed by atoms with Crippen LogP contribution in [0.1, 0.15) is 26.2 Å². The fourth-order valence-corrected chi connectivity index (χ4v) is 3.11. The molecule has 13 heavy (non-hydrogen) atoms. The van der Waals surface area contributed by atoms with Crippen LogP contribution in [-0.2, 0) is 9.53 Å². The number of aldehydes is 1. The molecule has 0 N–H and O–H groups in total. The van der Waals surface area contributed by atoms with E-state index < -0.39 is 0 Å². The molecule has 0 saturated carbocycles. The predicted octanol–water partition coefficient (Wildman–Crippen LogP) is 2.12. The van der Waals surface area contributed by atoms with Crippen LogP contribution in [0.2, 0.25) is 0 Å². The molecule has 0 spiro atoms. The fraction of sp³-hybridized carbons (Fsp3) is 0.900. The largest absolute Gasteiger partial charge is 0.382 e. The lowest BCUT2D eigenvalue weighted by molar-refractivity contribution is -0.118. The molecule has 76 valence electrons. The third-order valence-electron chi connectivity index (χ3n) is 2.83. The Hall–Kier alpha value is -0.0200. The lowest BCUT2D eigenvalue weighted by atomic mass is 9.79. The van der Waals surface area contributed by atoms with E-state index in [1.807, 2.05) is 18.7 Å². The van der Waals surface area contributed by atoms with Crippen LogP contribution in [0, 0.1) is 5.41 Å². The highest BCUT2D eigenvalue weighted by Gasteiger charge is 2.33. The Balaban J connectivity index is 2.52. The topological polar surface area (TPSA) is 26.3 Å². The zero-order valence-corrected chi connectivity index (χ0v) is 9.23. The number of ether oxygens (including phenoxy) is 1. The normalized spacial score (nSPS) is 23.8. The molecule has 0 aromatic carbocycles. The van der Waals surface area contributed by atoms with Crippen LogP contribution in [0.15, 0.2) is 0 Å². The quantitative estimate of drug-likeness (QED) is 0.653. The van der Waals surface area contributed by atoms with E-state index in [1.54, 1.807) is 7.11 Å². The van der Waals surface area contributed by atoms with E-state index in [-0.39, 0.29) is 11.5 Å². The smallest absolute Gasteiger partial charge is 0.126 e. The van der Waals surface area contributed by atoms with Gasteiger partial charge in [-0.3, -0.25) is 0 Å². The van der Waals surface area contributed by atoms with E-state index in [1.165, 1.54) is 0 Å². The lowest BCUT2D eigenvalue weighted by Gasteiger charge is -2.33. The first-order valence-corrected chi connectivity index (χ1v) is 5.95. The Bertz CT molecular complexity index is 164. The van der Waals surface area contributed by atoms with Crippen molar-refractivity contribution in [2.45, 2.75) is 32.3 Å². The Kier molecular flexibility index (Phi) is 4.26. The van der Waals surface area contributed by atoms with Crippen molar-refractivity contribution in [3.8, 4) is 0 Å². The van der Waals surface area contributed by atoms with Crippen molar-refractivity contribution in [2.75, 3.05) is 18.6 Å². The molecule has 1 saturated heterocycles. The average Bonchev–Trinajstić information content (AvgIpc) is 2.19. The SMILES string of the molecule is COC(C)CC1(C=O)CCSCC1. The zero-order chi connectivity index (χ0) is 9.73. The van der Waals surface area contributed by atoms with E-state index in [2.05, 4.69) is 0 Å². The summed E-state index contributed by atoms with van der Waals surface area (Å²) in [5.74, 6) is 2.24. The van der Waals surface area contributed by atoms with Crippen molar-refractivity contribution in [2.24, 2.45) is 5.41 Å². The van der Waals surface area contributed by atoms with Crippen molar-refractivity contribution in [1.29, 1.82) is 0 Å². The number of methoxy groups -OCH3 is 1. The second-order valence-corrected chi connectivity index (χ2v) is 5.07. The minimum atomic E-state index is -0.0827. The molecule has 0 aromatic heterocycles. The van der Waals surface area contributed by atoms with E-state index in [0.717, 1.165) is 37.1 Å². The van der Waals surface area contributed by atoms with Gasteiger partial charge in [0, 0.05) is 12.5 Å². The summed E-state index contributed by atoms with van der Waals surface area (Å²) in [6.07, 6.45) is 4.29. The van der Waals surface area contributed by atoms with Gasteiger partial charge < -0.3 is 9.53 Å². The Morgan fingerprint density at radius 2 is 2.15 bits per heavy atom. The molecular weight excluding hydrogens is 184 g/mol. The van der Waals surface area contributed by atoms with Crippen LogP contribution in [0.4, 0.5) is 0 Å². The van der Waals surface area contributed by atoms with E-state index >= 15 is 0 Å². The Labute approximate surface area is 84.4 Å². The van der Waals surface area contributed by atoms with Crippen molar-refractivity contribution in [3.05, 3.63) is 0 Å². The molecule has 2 nitrogen and oxygen atoms in total. The summed E-state index contributed by atoms with van der Waals surface area (Å²) in [5, 5.41) is 0. The number of hydrogen-bond donors (Lipinski definition) is 0. The van der Waals surface area contributed by atoms with Gasteiger partial charge in [0.2, 0.25) is 0 Å². The van der Waals surface area contributed by atoms with Crippen molar-refractivity contribution in [3.63, 3.8) is 0 Å². The summed E-state index contributed by atoms with van der Waals surface area (Å²) < 4.78 is 5.21. The van der Waals surface area contributed by atoms with Crippen molar-refractivity contribution < 1.29 is 9.53 Å². The van der Waals surface area contributed by atoms with Crippen LogP contribution in [-0.4, -0.2) is 31.0 Å². The maximum atomic E-state index is 11.1. The molecule has 1 aliphatic rings. The van der Waals surface area contributed by atoms with Gasteiger partial charge >= 0.3 is 0 Å². The van der Waals surface area contributed by atoms with E-state index in [4.69, 9.17) is 4.74 Å². The first-order chi connectivity index (χ1) is 6.22. The molecule has 1 atom stereocenters. The van der Waals surface area contributed by atoms with Gasteiger partial charge in [0.15, 0.2) is 0 Å². The second-order valence-electron chi connectivity index (χ2n) is 3.84. The molecule has 3 heteroatoms. The number of rotatable bonds is 4. The summed E-state index contributed by atoms with van der Waals surface area (Å²) in [6, 6.07) is 0. The second kappa shape index (κ2) is 5.01. The average molecular weight is 202 g/mol. The molecule has 1 fully saturated rings. The Morgan fingerprint density at radius 1 is 1.54 bits per heavy atom. The van der Waals surface area contributed by atoms with E-state index in [9.17, 15) is 4.79 Å². The summed E-state index contributed by atoms with van der Waals surface area (Å²) in [5.41, 5.74) is -0.0827. The van der Waals surface area contributed by atoms with Gasteiger partial charge in [-0.05, 0) is 37.7 Å². The van der Waals surface area contributed by atoms with Crippen LogP contribution in [0.5, 0.6) is 0 Å². The molecule has 0 aromatic rings. The summed E-state index contributed by atoms with van der Waals surface area (Å²) in [6.45, 7) is 2.03. The maximum absolute atomic E-state index is 11.1. The number of thioether (sulfide) groups is 1. The minimum Gasteiger partial charge on any atom is -0.382 e. The molecule has 1 aliphatic heterocycles. The highest BCUT2D eigenvalue weighted by Crippen LogP contribution is 2.37. The van der Waals surface area contributed by atoms with Gasteiger partial charge in [-0.2, -0.15) is 11.8 Å². The van der Waals surface area contributed by atoms with E-state index in [0.29, 0.717) is 0 Å². The molecular formula is C10H18O2S. The van der Waals surface area contributed by atoms with Crippen molar-refractivity contribution in [1.82, 2.24) is 0 Å². The third-order valence-corrected chi connectivity index (χ3v) is 3.82. The molecule has 1 rings (SSSR count). The van der Waals surface area contributed by atoms with Gasteiger partial charge in [-0.1, -0.05) is 0 Å². The highest BCUT2D eigenvalue weighted by atomic mass is 32.2. The number of carbonyl (C=O) groups excluding carboxylic acids is 1. The van der Waals surface area contributed by atoms with Gasteiger partial charge in [0.05, 0.1) is 6.10 Å². The molecule has 0 amide bonds. The number of carbonyl (C=O) groups is 1. The Morgan fingerprint density at radius 3 is 2.62 bits per heavy atom. The van der Waals surface area contributed by atoms with Gasteiger partial charge in [-0.15, -0.1) is 0 Å². The molecule has 1 unspecified atom stereocenters. The fourth-order valence-electron chi connectivity index (χ4n) is 1.80. The van der Waals surface area contributed by atoms with Crippen molar-refractivity contribution >= 4 is 18.0 Å². The zero-order valence-electron chi connectivity index (χ0n) is 8.41.